The van der Waals surface area contributed by atoms with Gasteiger partial charge in [-0.25, -0.2) is 4.79 Å². The Hall–Kier alpha value is -1.59. The zero-order valence-corrected chi connectivity index (χ0v) is 12.2. The molecule has 6 nitrogen and oxygen atoms in total. The molecule has 1 atom stereocenters. The fourth-order valence-corrected chi connectivity index (χ4v) is 3.21. The number of nitrogens with one attached hydrogen (secondary N) is 2. The lowest BCUT2D eigenvalue weighted by molar-refractivity contribution is -0.136. The molecule has 1 heterocycles. The summed E-state index contributed by atoms with van der Waals surface area (Å²) in [4.78, 5) is 37.2. The Balaban J connectivity index is 2.08. The molecule has 1 aliphatic carbocycles. The van der Waals surface area contributed by atoms with Gasteiger partial charge in [0.1, 0.15) is 12.1 Å². The first-order chi connectivity index (χ1) is 9.49. The van der Waals surface area contributed by atoms with E-state index < -0.39 is 11.6 Å². The van der Waals surface area contributed by atoms with Gasteiger partial charge in [0.05, 0.1) is 0 Å². The molecule has 112 valence electrons. The molecule has 0 spiro atoms. The highest BCUT2D eigenvalue weighted by Crippen LogP contribution is 2.36. The molecule has 0 radical (unpaired) electrons. The Kier molecular flexibility index (Phi) is 4.30. The Morgan fingerprint density at radius 2 is 2.00 bits per heavy atom. The van der Waals surface area contributed by atoms with E-state index in [1.807, 2.05) is 0 Å². The monoisotopic (exact) mass is 281 g/mol. The van der Waals surface area contributed by atoms with E-state index in [9.17, 15) is 14.4 Å². The lowest BCUT2D eigenvalue weighted by atomic mass is 9.75. The minimum absolute atomic E-state index is 0.173. The molecule has 1 aliphatic heterocycles. The van der Waals surface area contributed by atoms with Crippen LogP contribution in [0.15, 0.2) is 0 Å². The van der Waals surface area contributed by atoms with Crippen LogP contribution in [-0.2, 0) is 9.59 Å². The number of nitrogens with zero attached hydrogens (tertiary/aromatic N) is 1. The molecule has 6 heteroatoms. The molecule has 2 aliphatic rings. The first kappa shape index (κ1) is 14.8. The summed E-state index contributed by atoms with van der Waals surface area (Å²) < 4.78 is 0. The number of amides is 4. The summed E-state index contributed by atoms with van der Waals surface area (Å²) in [7, 11) is 0. The zero-order chi connectivity index (χ0) is 14.8. The molecule has 20 heavy (non-hydrogen) atoms. The third-order valence-corrected chi connectivity index (χ3v) is 4.40. The molecule has 2 rings (SSSR count). The topological polar surface area (TPSA) is 78.5 Å². The highest BCUT2D eigenvalue weighted by atomic mass is 16.2. The fraction of sp³-hybridized carbons (Fsp3) is 0.786. The molecule has 1 saturated carbocycles. The average Bonchev–Trinajstić information content (AvgIpc) is 2.65. The average molecular weight is 281 g/mol. The first-order valence-corrected chi connectivity index (χ1v) is 7.40. The highest BCUT2D eigenvalue weighted by Gasteiger charge is 2.52. The van der Waals surface area contributed by atoms with Crippen molar-refractivity contribution in [1.29, 1.82) is 0 Å². The summed E-state index contributed by atoms with van der Waals surface area (Å²) in [6.07, 6.45) is 5.30. The van der Waals surface area contributed by atoms with Crippen LogP contribution in [-0.4, -0.2) is 41.4 Å². The highest BCUT2D eigenvalue weighted by molar-refractivity contribution is 6.09. The standard InChI is InChI=1S/C14H23N3O3/c1-3-15-11(18)9-17-12(19)14(2,16-13(17)20)10-7-5-4-6-8-10/h10H,3-9H2,1-2H3,(H,15,18)(H,16,20)/t14-/m1/s1. The van der Waals surface area contributed by atoms with Gasteiger partial charge in [-0.2, -0.15) is 0 Å². The van der Waals surface area contributed by atoms with E-state index in [2.05, 4.69) is 10.6 Å². The Morgan fingerprint density at radius 1 is 1.35 bits per heavy atom. The van der Waals surface area contributed by atoms with E-state index in [-0.39, 0.29) is 24.3 Å². The van der Waals surface area contributed by atoms with Crippen molar-refractivity contribution in [2.24, 2.45) is 5.92 Å². The Morgan fingerprint density at radius 3 is 2.60 bits per heavy atom. The van der Waals surface area contributed by atoms with Gasteiger partial charge in [-0.1, -0.05) is 19.3 Å². The number of carbonyl (C=O) groups is 3. The second-order valence-corrected chi connectivity index (χ2v) is 5.81. The Bertz CT molecular complexity index is 418. The van der Waals surface area contributed by atoms with Crippen molar-refractivity contribution in [2.45, 2.75) is 51.5 Å². The van der Waals surface area contributed by atoms with Gasteiger partial charge >= 0.3 is 6.03 Å². The van der Waals surface area contributed by atoms with E-state index in [0.717, 1.165) is 30.6 Å². The van der Waals surface area contributed by atoms with Crippen molar-refractivity contribution >= 4 is 17.8 Å². The quantitative estimate of drug-likeness (QED) is 0.755. The lowest BCUT2D eigenvalue weighted by Crippen LogP contribution is -2.51. The molecular weight excluding hydrogens is 258 g/mol. The molecule has 0 aromatic rings. The van der Waals surface area contributed by atoms with Crippen molar-refractivity contribution in [3.63, 3.8) is 0 Å². The van der Waals surface area contributed by atoms with Crippen molar-refractivity contribution in [1.82, 2.24) is 15.5 Å². The van der Waals surface area contributed by atoms with Crippen LogP contribution in [0, 0.1) is 5.92 Å². The van der Waals surface area contributed by atoms with Crippen molar-refractivity contribution in [3.8, 4) is 0 Å². The molecule has 0 bridgehead atoms. The van der Waals surface area contributed by atoms with Crippen LogP contribution in [0.5, 0.6) is 0 Å². The number of urea groups is 1. The lowest BCUT2D eigenvalue weighted by Gasteiger charge is -2.34. The number of hydrogen-bond donors (Lipinski definition) is 2. The summed E-state index contributed by atoms with van der Waals surface area (Å²) in [5.74, 6) is -0.392. The molecule has 1 saturated heterocycles. The van der Waals surface area contributed by atoms with Crippen LogP contribution in [0.3, 0.4) is 0 Å². The number of rotatable bonds is 4. The van der Waals surface area contributed by atoms with Crippen molar-refractivity contribution < 1.29 is 14.4 Å². The van der Waals surface area contributed by atoms with Crippen molar-refractivity contribution in [2.75, 3.05) is 13.1 Å². The van der Waals surface area contributed by atoms with Crippen LogP contribution in [0.4, 0.5) is 4.79 Å². The normalized spacial score (nSPS) is 27.6. The molecule has 0 aromatic carbocycles. The zero-order valence-electron chi connectivity index (χ0n) is 12.2. The number of likely N-dealkylation sites (N-methyl/N-ethyl adjacent to an activating group) is 1. The maximum atomic E-state index is 12.5. The number of carbonyl (C=O) groups excluding carboxylic acids is 3. The van der Waals surface area contributed by atoms with Gasteiger partial charge in [0, 0.05) is 6.54 Å². The number of hydrogen-bond acceptors (Lipinski definition) is 3. The second-order valence-electron chi connectivity index (χ2n) is 5.81. The van der Waals surface area contributed by atoms with Gasteiger partial charge in [0.25, 0.3) is 5.91 Å². The smallest absolute Gasteiger partial charge is 0.325 e. The van der Waals surface area contributed by atoms with E-state index in [4.69, 9.17) is 0 Å². The maximum absolute atomic E-state index is 12.5. The summed E-state index contributed by atoms with van der Waals surface area (Å²) in [6.45, 7) is 3.89. The SMILES string of the molecule is CCNC(=O)CN1C(=O)N[C@](C)(C2CCCCC2)C1=O. The predicted molar refractivity (Wildman–Crippen MR) is 73.9 cm³/mol. The summed E-state index contributed by atoms with van der Waals surface area (Å²) in [5.41, 5.74) is -0.843. The second kappa shape index (κ2) is 5.81. The minimum atomic E-state index is -0.843. The predicted octanol–water partition coefficient (Wildman–Crippen LogP) is 1.01. The maximum Gasteiger partial charge on any atom is 0.325 e. The molecule has 0 aromatic heterocycles. The summed E-state index contributed by atoms with van der Waals surface area (Å²) in [5, 5.41) is 5.41. The van der Waals surface area contributed by atoms with Gasteiger partial charge in [-0.05, 0) is 32.6 Å². The van der Waals surface area contributed by atoms with Crippen LogP contribution in [0.25, 0.3) is 0 Å². The van der Waals surface area contributed by atoms with Gasteiger partial charge in [0.15, 0.2) is 0 Å². The van der Waals surface area contributed by atoms with Crippen LogP contribution in [0.1, 0.15) is 46.0 Å². The summed E-state index contributed by atoms with van der Waals surface area (Å²) >= 11 is 0. The third kappa shape index (κ3) is 2.64. The van der Waals surface area contributed by atoms with Gasteiger partial charge in [-0.15, -0.1) is 0 Å². The number of imide groups is 1. The van der Waals surface area contributed by atoms with Crippen LogP contribution in [0.2, 0.25) is 0 Å². The van der Waals surface area contributed by atoms with E-state index in [1.54, 1.807) is 13.8 Å². The van der Waals surface area contributed by atoms with Gasteiger partial charge in [0.2, 0.25) is 5.91 Å². The molecule has 4 amide bonds. The van der Waals surface area contributed by atoms with Crippen molar-refractivity contribution in [3.05, 3.63) is 0 Å². The van der Waals surface area contributed by atoms with E-state index >= 15 is 0 Å². The Labute approximate surface area is 119 Å². The molecule has 2 fully saturated rings. The van der Waals surface area contributed by atoms with Gasteiger partial charge in [-0.3, -0.25) is 14.5 Å². The molecule has 0 unspecified atom stereocenters. The van der Waals surface area contributed by atoms with Gasteiger partial charge < -0.3 is 10.6 Å². The first-order valence-electron chi connectivity index (χ1n) is 7.40. The van der Waals surface area contributed by atoms with E-state index in [1.165, 1.54) is 6.42 Å². The van der Waals surface area contributed by atoms with Crippen LogP contribution >= 0.6 is 0 Å². The summed E-state index contributed by atoms with van der Waals surface area (Å²) in [6, 6.07) is -0.450. The van der Waals surface area contributed by atoms with Crippen LogP contribution < -0.4 is 10.6 Å². The molecule has 2 N–H and O–H groups in total. The largest absolute Gasteiger partial charge is 0.355 e. The minimum Gasteiger partial charge on any atom is -0.355 e. The van der Waals surface area contributed by atoms with E-state index in [0.29, 0.717) is 6.54 Å². The molecular formula is C14H23N3O3. The third-order valence-electron chi connectivity index (χ3n) is 4.40. The fourth-order valence-electron chi connectivity index (χ4n) is 3.21.